The average Bonchev–Trinajstić information content (AvgIpc) is 2.36. The number of aryl methyl sites for hydroxylation is 1. The third-order valence-electron chi connectivity index (χ3n) is 2.38. The predicted octanol–water partition coefficient (Wildman–Crippen LogP) is 1.41. The Morgan fingerprint density at radius 1 is 1.39 bits per heavy atom. The van der Waals surface area contributed by atoms with Crippen LogP contribution in [0.15, 0.2) is 18.2 Å². The molecule has 0 spiro atoms. The smallest absolute Gasteiger partial charge is 0.246 e. The largest absolute Gasteiger partial charge is 0.382 e. The van der Waals surface area contributed by atoms with Gasteiger partial charge in [0.2, 0.25) is 5.91 Å². The van der Waals surface area contributed by atoms with Gasteiger partial charge in [0, 0.05) is 13.7 Å². The fraction of sp³-hybridized carbons (Fsp3) is 0.462. The molecule has 0 saturated carbocycles. The van der Waals surface area contributed by atoms with E-state index in [0.717, 1.165) is 5.56 Å². The van der Waals surface area contributed by atoms with Gasteiger partial charge in [-0.15, -0.1) is 0 Å². The molecule has 0 radical (unpaired) electrons. The van der Waals surface area contributed by atoms with Gasteiger partial charge in [-0.2, -0.15) is 0 Å². The lowest BCUT2D eigenvalue weighted by Crippen LogP contribution is -2.27. The Morgan fingerprint density at radius 2 is 2.17 bits per heavy atom. The zero-order valence-corrected chi connectivity index (χ0v) is 10.7. The first kappa shape index (κ1) is 14.6. The summed E-state index contributed by atoms with van der Waals surface area (Å²) in [6, 6.07) is 4.75. The molecule has 1 aromatic carbocycles. The maximum atomic E-state index is 13.0. The first-order chi connectivity index (χ1) is 8.63. The number of hydrogen-bond donors (Lipinski definition) is 1. The fourth-order valence-corrected chi connectivity index (χ4v) is 1.38. The van der Waals surface area contributed by atoms with Crippen LogP contribution in [-0.2, 0) is 20.8 Å². The molecule has 0 aliphatic heterocycles. The molecule has 1 rings (SSSR count). The number of halogens is 1. The van der Waals surface area contributed by atoms with E-state index in [-0.39, 0.29) is 18.3 Å². The summed E-state index contributed by atoms with van der Waals surface area (Å²) in [5.41, 5.74) is 1.43. The minimum Gasteiger partial charge on any atom is -0.382 e. The van der Waals surface area contributed by atoms with Crippen LogP contribution in [0.1, 0.15) is 11.1 Å². The number of carbonyl (C=O) groups excluding carboxylic acids is 1. The maximum absolute atomic E-state index is 13.0. The van der Waals surface area contributed by atoms with Crippen LogP contribution in [0.5, 0.6) is 0 Å². The normalized spacial score (nSPS) is 10.4. The van der Waals surface area contributed by atoms with E-state index in [2.05, 4.69) is 5.32 Å². The van der Waals surface area contributed by atoms with Gasteiger partial charge in [-0.3, -0.25) is 4.79 Å². The van der Waals surface area contributed by atoms with Crippen molar-refractivity contribution in [3.63, 3.8) is 0 Å². The second-order valence-electron chi connectivity index (χ2n) is 3.91. The molecule has 1 N–H and O–H groups in total. The van der Waals surface area contributed by atoms with E-state index >= 15 is 0 Å². The molecule has 0 heterocycles. The van der Waals surface area contributed by atoms with Crippen molar-refractivity contribution in [2.24, 2.45) is 0 Å². The van der Waals surface area contributed by atoms with Crippen LogP contribution in [0, 0.1) is 12.7 Å². The molecule has 0 bridgehead atoms. The summed E-state index contributed by atoms with van der Waals surface area (Å²) in [6.07, 6.45) is 0. The van der Waals surface area contributed by atoms with E-state index in [4.69, 9.17) is 9.47 Å². The van der Waals surface area contributed by atoms with Crippen LogP contribution in [0.3, 0.4) is 0 Å². The van der Waals surface area contributed by atoms with Crippen molar-refractivity contribution < 1.29 is 18.7 Å². The Bertz CT molecular complexity index is 396. The topological polar surface area (TPSA) is 47.6 Å². The molecule has 5 heteroatoms. The van der Waals surface area contributed by atoms with E-state index in [1.807, 2.05) is 0 Å². The van der Waals surface area contributed by atoms with E-state index in [9.17, 15) is 9.18 Å². The lowest BCUT2D eigenvalue weighted by atomic mass is 10.1. The highest BCUT2D eigenvalue weighted by Crippen LogP contribution is 2.08. The summed E-state index contributed by atoms with van der Waals surface area (Å²) in [7, 11) is 1.57. The third kappa shape index (κ3) is 5.25. The first-order valence-corrected chi connectivity index (χ1v) is 5.72. The Labute approximate surface area is 106 Å². The van der Waals surface area contributed by atoms with Crippen molar-refractivity contribution in [2.45, 2.75) is 13.5 Å². The Balaban J connectivity index is 2.27. The average molecular weight is 255 g/mol. The van der Waals surface area contributed by atoms with Crippen LogP contribution >= 0.6 is 0 Å². The lowest BCUT2D eigenvalue weighted by molar-refractivity contribution is -0.126. The molecule has 4 nitrogen and oxygen atoms in total. The summed E-state index contributed by atoms with van der Waals surface area (Å²) < 4.78 is 22.9. The molecule has 0 aliphatic carbocycles. The van der Waals surface area contributed by atoms with Crippen LogP contribution in [0.2, 0.25) is 0 Å². The first-order valence-electron chi connectivity index (χ1n) is 5.72. The molecular formula is C13H18FNO3. The van der Waals surface area contributed by atoms with E-state index in [1.165, 1.54) is 6.07 Å². The van der Waals surface area contributed by atoms with Gasteiger partial charge in [0.25, 0.3) is 0 Å². The van der Waals surface area contributed by atoms with E-state index in [1.54, 1.807) is 26.2 Å². The minimum atomic E-state index is -0.243. The number of methoxy groups -OCH3 is 1. The highest BCUT2D eigenvalue weighted by atomic mass is 19.1. The molecule has 0 unspecified atom stereocenters. The molecule has 0 aliphatic rings. The molecule has 100 valence electrons. The van der Waals surface area contributed by atoms with E-state index < -0.39 is 0 Å². The van der Waals surface area contributed by atoms with Gasteiger partial charge in [-0.1, -0.05) is 12.1 Å². The monoisotopic (exact) mass is 255 g/mol. The number of hydrogen-bond acceptors (Lipinski definition) is 3. The Morgan fingerprint density at radius 3 is 2.83 bits per heavy atom. The lowest BCUT2D eigenvalue weighted by Gasteiger charge is -2.07. The minimum absolute atomic E-state index is 0.00351. The quantitative estimate of drug-likeness (QED) is 0.749. The molecule has 1 aromatic rings. The molecule has 0 fully saturated rings. The number of ether oxygens (including phenoxy) is 2. The van der Waals surface area contributed by atoms with Crippen LogP contribution < -0.4 is 5.32 Å². The zero-order valence-electron chi connectivity index (χ0n) is 10.7. The molecule has 18 heavy (non-hydrogen) atoms. The molecular weight excluding hydrogens is 237 g/mol. The maximum Gasteiger partial charge on any atom is 0.246 e. The van der Waals surface area contributed by atoms with Crippen LogP contribution in [0.4, 0.5) is 4.39 Å². The van der Waals surface area contributed by atoms with Crippen molar-refractivity contribution in [3.05, 3.63) is 35.1 Å². The van der Waals surface area contributed by atoms with Crippen LogP contribution in [0.25, 0.3) is 0 Å². The van der Waals surface area contributed by atoms with E-state index in [0.29, 0.717) is 25.3 Å². The second-order valence-corrected chi connectivity index (χ2v) is 3.91. The highest BCUT2D eigenvalue weighted by molar-refractivity contribution is 5.77. The van der Waals surface area contributed by atoms with Gasteiger partial charge >= 0.3 is 0 Å². The molecule has 1 amide bonds. The Hall–Kier alpha value is -1.46. The SMILES string of the molecule is COCCOCC(=O)NCc1ccc(F)c(C)c1. The number of amides is 1. The molecule has 0 saturated heterocycles. The zero-order chi connectivity index (χ0) is 13.4. The summed E-state index contributed by atoms with van der Waals surface area (Å²) in [4.78, 5) is 11.4. The van der Waals surface area contributed by atoms with Gasteiger partial charge in [0.15, 0.2) is 0 Å². The second kappa shape index (κ2) is 7.79. The summed E-state index contributed by atoms with van der Waals surface area (Å²) >= 11 is 0. The summed E-state index contributed by atoms with van der Waals surface area (Å²) in [5.74, 6) is -0.443. The van der Waals surface area contributed by atoms with Crippen molar-refractivity contribution in [2.75, 3.05) is 26.9 Å². The van der Waals surface area contributed by atoms with Crippen molar-refractivity contribution in [1.29, 1.82) is 0 Å². The van der Waals surface area contributed by atoms with Crippen LogP contribution in [-0.4, -0.2) is 32.8 Å². The number of rotatable bonds is 7. The highest BCUT2D eigenvalue weighted by Gasteiger charge is 2.03. The number of nitrogens with one attached hydrogen (secondary N) is 1. The molecule has 0 atom stereocenters. The standard InChI is InChI=1S/C13H18FNO3/c1-10-7-11(3-4-12(10)14)8-15-13(16)9-18-6-5-17-2/h3-4,7H,5-6,8-9H2,1-2H3,(H,15,16). The van der Waals surface area contributed by atoms with Gasteiger partial charge < -0.3 is 14.8 Å². The van der Waals surface area contributed by atoms with Gasteiger partial charge in [0.05, 0.1) is 13.2 Å². The molecule has 0 aromatic heterocycles. The summed E-state index contributed by atoms with van der Waals surface area (Å²) in [6.45, 7) is 2.91. The van der Waals surface area contributed by atoms with Gasteiger partial charge in [-0.05, 0) is 24.1 Å². The third-order valence-corrected chi connectivity index (χ3v) is 2.38. The van der Waals surface area contributed by atoms with Gasteiger partial charge in [0.1, 0.15) is 12.4 Å². The van der Waals surface area contributed by atoms with Gasteiger partial charge in [-0.25, -0.2) is 4.39 Å². The van der Waals surface area contributed by atoms with Crippen molar-refractivity contribution in [1.82, 2.24) is 5.32 Å². The Kier molecular flexibility index (Phi) is 6.32. The summed E-state index contributed by atoms with van der Waals surface area (Å²) in [5, 5.41) is 2.70. The fourth-order valence-electron chi connectivity index (χ4n) is 1.38. The van der Waals surface area contributed by atoms with Crippen molar-refractivity contribution in [3.8, 4) is 0 Å². The number of carbonyl (C=O) groups is 1. The predicted molar refractivity (Wildman–Crippen MR) is 65.7 cm³/mol. The van der Waals surface area contributed by atoms with Crippen molar-refractivity contribution >= 4 is 5.91 Å². The number of benzene rings is 1.